The van der Waals surface area contributed by atoms with Gasteiger partial charge < -0.3 is 9.47 Å². The normalized spacial score (nSPS) is 24.2. The van der Waals surface area contributed by atoms with Gasteiger partial charge in [0.15, 0.2) is 11.9 Å². The first-order chi connectivity index (χ1) is 4.93. The zero-order valence-corrected chi connectivity index (χ0v) is 5.20. The lowest BCUT2D eigenvalue weighted by Gasteiger charge is -2.15. The van der Waals surface area contributed by atoms with Crippen molar-refractivity contribution in [2.45, 2.75) is 6.10 Å². The van der Waals surface area contributed by atoms with Gasteiger partial charge in [-0.25, -0.2) is 4.98 Å². The molecule has 1 atom stereocenters. The Morgan fingerprint density at radius 3 is 3.50 bits per heavy atom. The van der Waals surface area contributed by atoms with Gasteiger partial charge in [0.1, 0.15) is 6.61 Å². The molecule has 3 heteroatoms. The standard InChI is InChI=1S/C7H5NO2/c1-2-5-7-8-4(1)6(10-7)3-9-5/h1-2,6H,3H2. The Morgan fingerprint density at radius 2 is 2.50 bits per heavy atom. The van der Waals surface area contributed by atoms with Crippen LogP contribution in [0.2, 0.25) is 0 Å². The van der Waals surface area contributed by atoms with E-state index in [1.54, 1.807) is 0 Å². The van der Waals surface area contributed by atoms with E-state index in [0.717, 1.165) is 11.4 Å². The fraction of sp³-hybridized carbons (Fsp3) is 0.286. The Bertz CT molecular complexity index is 298. The maximum absolute atomic E-state index is 5.37. The molecule has 10 heavy (non-hydrogen) atoms. The molecular weight excluding hydrogens is 130 g/mol. The second-order valence-corrected chi connectivity index (χ2v) is 2.46. The average Bonchev–Trinajstić information content (AvgIpc) is 2.19. The van der Waals surface area contributed by atoms with Crippen molar-refractivity contribution in [3.8, 4) is 11.6 Å². The Kier molecular flexibility index (Phi) is 0.572. The van der Waals surface area contributed by atoms with Crippen LogP contribution in [0.25, 0.3) is 0 Å². The lowest BCUT2D eigenvalue weighted by molar-refractivity contribution is 0.106. The SMILES string of the molecule is c1cc2c3nc1C(CO2)O3. The predicted octanol–water partition coefficient (Wildman–Crippen LogP) is 0.907. The number of rotatable bonds is 0. The largest absolute Gasteiger partial charge is 0.484 e. The molecule has 3 rings (SSSR count). The number of hydrogen-bond donors (Lipinski definition) is 0. The van der Waals surface area contributed by atoms with Gasteiger partial charge in [-0.2, -0.15) is 0 Å². The molecule has 1 unspecified atom stereocenters. The highest BCUT2D eigenvalue weighted by molar-refractivity contribution is 5.41. The summed E-state index contributed by atoms with van der Waals surface area (Å²) in [6.45, 7) is 0.616. The molecule has 0 aliphatic carbocycles. The Morgan fingerprint density at radius 1 is 1.50 bits per heavy atom. The first-order valence-corrected chi connectivity index (χ1v) is 3.24. The second kappa shape index (κ2) is 1.26. The summed E-state index contributed by atoms with van der Waals surface area (Å²) in [7, 11) is 0. The van der Waals surface area contributed by atoms with E-state index in [4.69, 9.17) is 9.47 Å². The number of nitrogens with zero attached hydrogens (tertiary/aromatic N) is 1. The molecule has 2 aliphatic rings. The van der Waals surface area contributed by atoms with Gasteiger partial charge in [-0.1, -0.05) is 0 Å². The molecule has 0 amide bonds. The lowest BCUT2D eigenvalue weighted by Crippen LogP contribution is -2.15. The van der Waals surface area contributed by atoms with E-state index in [2.05, 4.69) is 4.98 Å². The van der Waals surface area contributed by atoms with Crippen molar-refractivity contribution in [3.05, 3.63) is 17.8 Å². The van der Waals surface area contributed by atoms with Gasteiger partial charge in [-0.3, -0.25) is 0 Å². The monoisotopic (exact) mass is 135 g/mol. The summed E-state index contributed by atoms with van der Waals surface area (Å²) < 4.78 is 10.7. The summed E-state index contributed by atoms with van der Waals surface area (Å²) in [6, 6.07) is 3.86. The highest BCUT2D eigenvalue weighted by atomic mass is 16.6. The topological polar surface area (TPSA) is 31.4 Å². The van der Waals surface area contributed by atoms with Gasteiger partial charge >= 0.3 is 0 Å². The highest BCUT2D eigenvalue weighted by Crippen LogP contribution is 2.40. The molecule has 50 valence electrons. The molecule has 3 heterocycles. The maximum Gasteiger partial charge on any atom is 0.258 e. The van der Waals surface area contributed by atoms with Crippen molar-refractivity contribution in [2.24, 2.45) is 0 Å². The van der Waals surface area contributed by atoms with Crippen molar-refractivity contribution in [3.63, 3.8) is 0 Å². The van der Waals surface area contributed by atoms with Crippen molar-refractivity contribution in [1.29, 1.82) is 0 Å². The van der Waals surface area contributed by atoms with Gasteiger partial charge in [0.25, 0.3) is 5.88 Å². The fourth-order valence-electron chi connectivity index (χ4n) is 1.30. The van der Waals surface area contributed by atoms with Crippen LogP contribution in [-0.4, -0.2) is 11.6 Å². The molecule has 0 spiro atoms. The van der Waals surface area contributed by atoms with E-state index >= 15 is 0 Å². The van der Waals surface area contributed by atoms with Gasteiger partial charge in [0, 0.05) is 0 Å². The van der Waals surface area contributed by atoms with Crippen LogP contribution >= 0.6 is 0 Å². The van der Waals surface area contributed by atoms with E-state index in [9.17, 15) is 0 Å². The van der Waals surface area contributed by atoms with Crippen molar-refractivity contribution in [1.82, 2.24) is 4.98 Å². The molecule has 1 aromatic rings. The van der Waals surface area contributed by atoms with E-state index < -0.39 is 0 Å². The van der Waals surface area contributed by atoms with E-state index in [1.807, 2.05) is 12.1 Å². The summed E-state index contributed by atoms with van der Waals surface area (Å²) in [4.78, 5) is 4.18. The number of fused-ring (bicyclic) bond motifs is 3. The van der Waals surface area contributed by atoms with Crippen molar-refractivity contribution in [2.75, 3.05) is 6.61 Å². The van der Waals surface area contributed by atoms with Crippen molar-refractivity contribution < 1.29 is 9.47 Å². The number of aromatic nitrogens is 1. The van der Waals surface area contributed by atoms with Crippen LogP contribution in [-0.2, 0) is 0 Å². The molecule has 3 bridgehead atoms. The fourth-order valence-corrected chi connectivity index (χ4v) is 1.30. The van der Waals surface area contributed by atoms with E-state index in [-0.39, 0.29) is 6.10 Å². The molecular formula is C7H5NO2. The summed E-state index contributed by atoms with van der Waals surface area (Å²) in [5.41, 5.74) is 0.997. The van der Waals surface area contributed by atoms with Crippen LogP contribution in [0.4, 0.5) is 0 Å². The summed E-state index contributed by atoms with van der Waals surface area (Å²) in [6.07, 6.45) is 0.0671. The third kappa shape index (κ3) is 0.364. The highest BCUT2D eigenvalue weighted by Gasteiger charge is 2.31. The van der Waals surface area contributed by atoms with Gasteiger partial charge in [-0.05, 0) is 12.1 Å². The van der Waals surface area contributed by atoms with Crippen LogP contribution in [0, 0.1) is 0 Å². The van der Waals surface area contributed by atoms with E-state index in [1.165, 1.54) is 0 Å². The summed E-state index contributed by atoms with van der Waals surface area (Å²) >= 11 is 0. The van der Waals surface area contributed by atoms with Gasteiger partial charge in [-0.15, -0.1) is 0 Å². The maximum atomic E-state index is 5.37. The molecule has 0 aromatic carbocycles. The minimum Gasteiger partial charge on any atom is -0.484 e. The third-order valence-electron chi connectivity index (χ3n) is 1.82. The minimum absolute atomic E-state index is 0.0671. The first-order valence-electron chi connectivity index (χ1n) is 3.24. The molecule has 0 N–H and O–H groups in total. The number of hydrogen-bond acceptors (Lipinski definition) is 3. The zero-order valence-electron chi connectivity index (χ0n) is 5.20. The molecule has 0 fully saturated rings. The quantitative estimate of drug-likeness (QED) is 0.529. The molecule has 0 saturated heterocycles. The smallest absolute Gasteiger partial charge is 0.258 e. The molecule has 3 nitrogen and oxygen atoms in total. The Labute approximate surface area is 57.6 Å². The van der Waals surface area contributed by atoms with Crippen molar-refractivity contribution >= 4 is 0 Å². The van der Waals surface area contributed by atoms with Gasteiger partial charge in [0.2, 0.25) is 0 Å². The zero-order chi connectivity index (χ0) is 6.55. The summed E-state index contributed by atoms with van der Waals surface area (Å²) in [5.74, 6) is 1.44. The number of ether oxygens (including phenoxy) is 2. The van der Waals surface area contributed by atoms with Gasteiger partial charge in [0.05, 0.1) is 5.69 Å². The van der Waals surface area contributed by atoms with Crippen LogP contribution in [0.3, 0.4) is 0 Å². The van der Waals surface area contributed by atoms with Crippen LogP contribution in [0.15, 0.2) is 12.1 Å². The molecule has 0 radical (unpaired) electrons. The lowest BCUT2D eigenvalue weighted by atomic mass is 10.3. The van der Waals surface area contributed by atoms with Crippen LogP contribution in [0.1, 0.15) is 11.8 Å². The first kappa shape index (κ1) is 4.55. The van der Waals surface area contributed by atoms with Crippen LogP contribution in [0.5, 0.6) is 11.6 Å². The third-order valence-corrected chi connectivity index (χ3v) is 1.82. The Hall–Kier alpha value is -1.25. The predicted molar refractivity (Wildman–Crippen MR) is 33.1 cm³/mol. The molecule has 0 saturated carbocycles. The van der Waals surface area contributed by atoms with E-state index in [0.29, 0.717) is 12.5 Å². The second-order valence-electron chi connectivity index (χ2n) is 2.46. The molecule has 1 aromatic heterocycles. The van der Waals surface area contributed by atoms with Crippen LogP contribution < -0.4 is 9.47 Å². The molecule has 2 aliphatic heterocycles. The average molecular weight is 135 g/mol. The Balaban J connectivity index is 2.40. The number of pyridine rings is 1. The minimum atomic E-state index is 0.0671. The summed E-state index contributed by atoms with van der Waals surface area (Å²) in [5, 5.41) is 0.